The standard InChI is InChI=1S/C19H17ClN2O2/c1-13(17(23)9-8-14-5-2-3-7-16(14)20)19(24)22-12-10-15-6-4-11-21-18(15)22/h2-7,11,13,17,23H,10,12H2,1H3/t13-,17-/m1/s1. The van der Waals surface area contributed by atoms with Crippen LogP contribution in [0.3, 0.4) is 0 Å². The number of amides is 1. The van der Waals surface area contributed by atoms with Crippen LogP contribution in [0.2, 0.25) is 5.02 Å². The molecular weight excluding hydrogens is 324 g/mol. The second-order valence-electron chi connectivity index (χ2n) is 5.71. The molecule has 1 amide bonds. The molecule has 0 saturated carbocycles. The Labute approximate surface area is 146 Å². The number of benzene rings is 1. The van der Waals surface area contributed by atoms with E-state index in [2.05, 4.69) is 16.8 Å². The number of pyridine rings is 1. The van der Waals surface area contributed by atoms with E-state index in [1.54, 1.807) is 30.2 Å². The summed E-state index contributed by atoms with van der Waals surface area (Å²) in [5, 5.41) is 10.8. The Morgan fingerprint density at radius 3 is 2.92 bits per heavy atom. The maximum absolute atomic E-state index is 12.7. The summed E-state index contributed by atoms with van der Waals surface area (Å²) >= 11 is 6.04. The molecule has 2 aromatic rings. The quantitative estimate of drug-likeness (QED) is 0.855. The minimum atomic E-state index is -1.07. The predicted octanol–water partition coefficient (Wildman–Crippen LogP) is 2.67. The number of nitrogens with zero attached hydrogens (tertiary/aromatic N) is 2. The maximum Gasteiger partial charge on any atom is 0.234 e. The lowest BCUT2D eigenvalue weighted by Gasteiger charge is -2.21. The van der Waals surface area contributed by atoms with Gasteiger partial charge in [0, 0.05) is 18.3 Å². The van der Waals surface area contributed by atoms with E-state index in [-0.39, 0.29) is 5.91 Å². The molecule has 0 spiro atoms. The number of rotatable bonds is 2. The lowest BCUT2D eigenvalue weighted by Crippen LogP contribution is -2.38. The van der Waals surface area contributed by atoms with Crippen LogP contribution in [0.1, 0.15) is 18.1 Å². The lowest BCUT2D eigenvalue weighted by molar-refractivity contribution is -0.124. The molecule has 122 valence electrons. The third kappa shape index (κ3) is 3.28. The van der Waals surface area contributed by atoms with Gasteiger partial charge >= 0.3 is 0 Å². The van der Waals surface area contributed by atoms with Gasteiger partial charge in [-0.2, -0.15) is 0 Å². The fourth-order valence-electron chi connectivity index (χ4n) is 2.64. The van der Waals surface area contributed by atoms with Crippen molar-refractivity contribution in [3.63, 3.8) is 0 Å². The third-order valence-electron chi connectivity index (χ3n) is 4.09. The zero-order valence-corrected chi connectivity index (χ0v) is 14.0. The summed E-state index contributed by atoms with van der Waals surface area (Å²) < 4.78 is 0. The first kappa shape index (κ1) is 16.5. The molecule has 0 bridgehead atoms. The molecule has 2 heterocycles. The molecule has 1 aromatic heterocycles. The van der Waals surface area contributed by atoms with E-state index in [1.807, 2.05) is 24.3 Å². The van der Waals surface area contributed by atoms with Crippen molar-refractivity contribution in [2.24, 2.45) is 5.92 Å². The lowest BCUT2D eigenvalue weighted by atomic mass is 10.0. The van der Waals surface area contributed by atoms with Gasteiger partial charge in [-0.05, 0) is 30.2 Å². The van der Waals surface area contributed by atoms with E-state index in [9.17, 15) is 9.90 Å². The van der Waals surface area contributed by atoms with E-state index >= 15 is 0 Å². The minimum Gasteiger partial charge on any atom is -0.380 e. The van der Waals surface area contributed by atoms with E-state index in [1.165, 1.54) is 0 Å². The van der Waals surface area contributed by atoms with Crippen molar-refractivity contribution in [3.8, 4) is 11.8 Å². The summed E-state index contributed by atoms with van der Waals surface area (Å²) in [4.78, 5) is 18.6. The fourth-order valence-corrected chi connectivity index (χ4v) is 2.82. The molecule has 2 atom stereocenters. The first-order valence-electron chi connectivity index (χ1n) is 7.77. The van der Waals surface area contributed by atoms with Gasteiger partial charge in [0.15, 0.2) is 0 Å². The Balaban J connectivity index is 1.74. The molecule has 3 rings (SSSR count). The van der Waals surface area contributed by atoms with E-state index in [0.717, 1.165) is 12.0 Å². The van der Waals surface area contributed by atoms with Gasteiger partial charge in [-0.3, -0.25) is 9.69 Å². The average Bonchev–Trinajstić information content (AvgIpc) is 3.03. The van der Waals surface area contributed by atoms with Crippen molar-refractivity contribution in [2.75, 3.05) is 11.4 Å². The highest BCUT2D eigenvalue weighted by molar-refractivity contribution is 6.31. The highest BCUT2D eigenvalue weighted by atomic mass is 35.5. The molecule has 5 heteroatoms. The normalized spacial score (nSPS) is 15.2. The number of halogens is 1. The van der Waals surface area contributed by atoms with E-state index in [0.29, 0.717) is 22.9 Å². The van der Waals surface area contributed by atoms with Gasteiger partial charge in [-0.1, -0.05) is 48.6 Å². The van der Waals surface area contributed by atoms with Crippen LogP contribution in [0, 0.1) is 17.8 Å². The zero-order chi connectivity index (χ0) is 17.1. The number of hydrogen-bond acceptors (Lipinski definition) is 3. The van der Waals surface area contributed by atoms with Gasteiger partial charge in [-0.25, -0.2) is 4.98 Å². The predicted molar refractivity (Wildman–Crippen MR) is 93.8 cm³/mol. The van der Waals surface area contributed by atoms with Crippen molar-refractivity contribution in [1.82, 2.24) is 4.98 Å². The van der Waals surface area contributed by atoms with Gasteiger partial charge < -0.3 is 5.11 Å². The molecule has 0 saturated heterocycles. The monoisotopic (exact) mass is 340 g/mol. The van der Waals surface area contributed by atoms with Gasteiger partial charge in [0.1, 0.15) is 11.9 Å². The number of carbonyl (C=O) groups excluding carboxylic acids is 1. The summed E-state index contributed by atoms with van der Waals surface area (Å²) in [6.07, 6.45) is 1.38. The summed E-state index contributed by atoms with van der Waals surface area (Å²) in [5.41, 5.74) is 1.68. The highest BCUT2D eigenvalue weighted by Crippen LogP contribution is 2.26. The summed E-state index contributed by atoms with van der Waals surface area (Å²) in [7, 11) is 0. The van der Waals surface area contributed by atoms with Crippen molar-refractivity contribution in [2.45, 2.75) is 19.4 Å². The number of carbonyl (C=O) groups is 1. The molecule has 24 heavy (non-hydrogen) atoms. The summed E-state index contributed by atoms with van der Waals surface area (Å²) in [6.45, 7) is 2.26. The van der Waals surface area contributed by atoms with E-state index < -0.39 is 12.0 Å². The Hall–Kier alpha value is -2.35. The molecule has 1 aliphatic heterocycles. The van der Waals surface area contributed by atoms with Crippen molar-refractivity contribution in [3.05, 3.63) is 58.7 Å². The van der Waals surface area contributed by atoms with E-state index in [4.69, 9.17) is 11.6 Å². The maximum atomic E-state index is 12.7. The molecule has 0 aliphatic carbocycles. The SMILES string of the molecule is C[C@@H](C(=O)N1CCc2cccnc21)[C@H](O)C#Cc1ccccc1Cl. The smallest absolute Gasteiger partial charge is 0.234 e. The number of fused-ring (bicyclic) bond motifs is 1. The Bertz CT molecular complexity index is 825. The molecular formula is C19H17ClN2O2. The van der Waals surface area contributed by atoms with Gasteiger partial charge in [0.2, 0.25) is 5.91 Å². The molecule has 0 fully saturated rings. The molecule has 1 aliphatic rings. The van der Waals surface area contributed by atoms with Crippen LogP contribution < -0.4 is 4.90 Å². The number of aromatic nitrogens is 1. The van der Waals surface area contributed by atoms with Crippen LogP contribution in [0.25, 0.3) is 0 Å². The molecule has 4 nitrogen and oxygen atoms in total. The Kier molecular flexibility index (Phi) is 4.84. The van der Waals surface area contributed by atoms with Crippen molar-refractivity contribution in [1.29, 1.82) is 0 Å². The van der Waals surface area contributed by atoms with Gasteiger partial charge in [0.25, 0.3) is 0 Å². The summed E-state index contributed by atoms with van der Waals surface area (Å²) in [6, 6.07) is 11.0. The van der Waals surface area contributed by atoms with Crippen LogP contribution in [0.15, 0.2) is 42.6 Å². The zero-order valence-electron chi connectivity index (χ0n) is 13.2. The highest BCUT2D eigenvalue weighted by Gasteiger charge is 2.31. The largest absolute Gasteiger partial charge is 0.380 e. The molecule has 1 aromatic carbocycles. The van der Waals surface area contributed by atoms with Crippen LogP contribution in [0.4, 0.5) is 5.82 Å². The van der Waals surface area contributed by atoms with Crippen LogP contribution in [-0.4, -0.2) is 28.6 Å². The minimum absolute atomic E-state index is 0.173. The summed E-state index contributed by atoms with van der Waals surface area (Å²) in [5.74, 6) is 5.42. The Morgan fingerprint density at radius 1 is 1.33 bits per heavy atom. The molecule has 0 radical (unpaired) electrons. The number of hydrogen-bond donors (Lipinski definition) is 1. The van der Waals surface area contributed by atoms with Gasteiger partial charge in [-0.15, -0.1) is 0 Å². The average molecular weight is 341 g/mol. The van der Waals surface area contributed by atoms with Crippen LogP contribution >= 0.6 is 11.6 Å². The van der Waals surface area contributed by atoms with Crippen LogP contribution in [-0.2, 0) is 11.2 Å². The van der Waals surface area contributed by atoms with Gasteiger partial charge in [0.05, 0.1) is 10.9 Å². The van der Waals surface area contributed by atoms with Crippen LogP contribution in [0.5, 0.6) is 0 Å². The molecule has 0 unspecified atom stereocenters. The fraction of sp³-hybridized carbons (Fsp3) is 0.263. The first-order valence-corrected chi connectivity index (χ1v) is 8.15. The second-order valence-corrected chi connectivity index (χ2v) is 6.12. The third-order valence-corrected chi connectivity index (χ3v) is 4.42. The van der Waals surface area contributed by atoms with Crippen molar-refractivity contribution >= 4 is 23.3 Å². The van der Waals surface area contributed by atoms with Crippen molar-refractivity contribution < 1.29 is 9.90 Å². The second kappa shape index (κ2) is 7.04. The molecule has 1 N–H and O–H groups in total. The first-order chi connectivity index (χ1) is 11.6. The Morgan fingerprint density at radius 2 is 2.12 bits per heavy atom. The number of anilines is 1. The number of aliphatic hydroxyl groups excluding tert-OH is 1. The number of aliphatic hydroxyl groups is 1. The topological polar surface area (TPSA) is 53.4 Å².